The molecule has 0 rings (SSSR count). The summed E-state index contributed by atoms with van der Waals surface area (Å²) < 4.78 is 0. The minimum absolute atomic E-state index is 0.272. The Morgan fingerprint density at radius 3 is 1.59 bits per heavy atom. The lowest BCUT2D eigenvalue weighted by Gasteiger charge is -2.11. The quantitative estimate of drug-likeness (QED) is 0.383. The second-order valence-corrected chi connectivity index (χ2v) is 5.44. The Labute approximate surface area is 108 Å². The minimum Gasteiger partial charge on any atom is -0.636 e. The molecule has 17 heavy (non-hydrogen) atoms. The molecule has 0 saturated carbocycles. The highest BCUT2D eigenvalue weighted by atomic mass is 16.5. The van der Waals surface area contributed by atoms with Gasteiger partial charge in [0.15, 0.2) is 0 Å². The fraction of sp³-hybridized carbons (Fsp3) is 1.00. The summed E-state index contributed by atoms with van der Waals surface area (Å²) in [5.74, 6) is 0. The monoisotopic (exact) mass is 243 g/mol. The van der Waals surface area contributed by atoms with Gasteiger partial charge in [0.1, 0.15) is 0 Å². The fourth-order valence-electron chi connectivity index (χ4n) is 2.20. The van der Waals surface area contributed by atoms with E-state index in [1.54, 1.807) is 0 Å². The van der Waals surface area contributed by atoms with E-state index in [-0.39, 0.29) is 6.04 Å². The van der Waals surface area contributed by atoms with Gasteiger partial charge in [0.05, 0.1) is 6.04 Å². The van der Waals surface area contributed by atoms with Gasteiger partial charge in [0, 0.05) is 0 Å². The predicted molar refractivity (Wildman–Crippen MR) is 75.8 cm³/mol. The highest BCUT2D eigenvalue weighted by Gasteiger charge is 1.98. The lowest BCUT2D eigenvalue weighted by molar-refractivity contribution is -0.624. The van der Waals surface area contributed by atoms with E-state index in [1.807, 2.05) is 6.92 Å². The van der Waals surface area contributed by atoms with Crippen LogP contribution in [0.15, 0.2) is 0 Å². The molecule has 0 radical (unpaired) electrons. The number of hydrogen-bond acceptors (Lipinski definition) is 1. The summed E-state index contributed by atoms with van der Waals surface area (Å²) in [4.78, 5) is 0. The third-order valence-corrected chi connectivity index (χ3v) is 3.50. The van der Waals surface area contributed by atoms with Gasteiger partial charge >= 0.3 is 0 Å². The van der Waals surface area contributed by atoms with Gasteiger partial charge in [-0.1, -0.05) is 71.1 Å². The maximum atomic E-state index is 10.4. The van der Waals surface area contributed by atoms with Crippen molar-refractivity contribution in [2.75, 3.05) is 0 Å². The molecule has 0 aromatic carbocycles. The van der Waals surface area contributed by atoms with Gasteiger partial charge in [0.2, 0.25) is 0 Å². The van der Waals surface area contributed by atoms with Gasteiger partial charge in [-0.25, -0.2) is 0 Å². The average molecular weight is 243 g/mol. The number of hydrogen-bond donors (Lipinski definition) is 1. The zero-order chi connectivity index (χ0) is 12.8. The highest BCUT2D eigenvalue weighted by molar-refractivity contribution is 4.50. The maximum absolute atomic E-state index is 10.4. The van der Waals surface area contributed by atoms with Gasteiger partial charge in [-0.3, -0.25) is 0 Å². The third-order valence-electron chi connectivity index (χ3n) is 3.50. The Kier molecular flexibility index (Phi) is 13.9. The van der Waals surface area contributed by atoms with E-state index in [9.17, 15) is 5.21 Å². The summed E-state index contributed by atoms with van der Waals surface area (Å²) in [5, 5.41) is 10.4. The van der Waals surface area contributed by atoms with Crippen molar-refractivity contribution in [1.29, 1.82) is 0 Å². The van der Waals surface area contributed by atoms with E-state index in [1.165, 1.54) is 70.6 Å². The summed E-state index contributed by atoms with van der Waals surface area (Å²) >= 11 is 0. The lowest BCUT2D eigenvalue weighted by atomic mass is 10.0. The van der Waals surface area contributed by atoms with Gasteiger partial charge in [-0.2, -0.15) is 0 Å². The normalized spacial score (nSPS) is 12.9. The van der Waals surface area contributed by atoms with Crippen LogP contribution in [0.5, 0.6) is 0 Å². The molecule has 1 unspecified atom stereocenters. The molecule has 0 fully saturated rings. The second kappa shape index (κ2) is 14.0. The van der Waals surface area contributed by atoms with Crippen LogP contribution in [0.4, 0.5) is 0 Å². The van der Waals surface area contributed by atoms with E-state index in [4.69, 9.17) is 0 Å². The summed E-state index contributed by atoms with van der Waals surface area (Å²) in [6, 6.07) is 0.272. The van der Waals surface area contributed by atoms with Gasteiger partial charge in [-0.15, -0.1) is 0 Å². The van der Waals surface area contributed by atoms with E-state index in [0.29, 0.717) is 0 Å². The Hall–Kier alpha value is -0.0800. The smallest absolute Gasteiger partial charge is 0.0827 e. The summed E-state index contributed by atoms with van der Waals surface area (Å²) in [6.07, 6.45) is 16.3. The number of hydroxylamine groups is 1. The fourth-order valence-corrected chi connectivity index (χ4v) is 2.20. The van der Waals surface area contributed by atoms with Crippen molar-refractivity contribution < 1.29 is 5.48 Å². The molecule has 0 saturated heterocycles. The van der Waals surface area contributed by atoms with E-state index >= 15 is 0 Å². The molecular weight excluding hydrogens is 210 g/mol. The van der Waals surface area contributed by atoms with Crippen LogP contribution in [0.2, 0.25) is 0 Å². The second-order valence-electron chi connectivity index (χ2n) is 5.44. The molecule has 0 aliphatic heterocycles. The van der Waals surface area contributed by atoms with E-state index in [2.05, 4.69) is 6.92 Å². The zero-order valence-corrected chi connectivity index (χ0v) is 12.0. The van der Waals surface area contributed by atoms with Crippen LogP contribution in [0.3, 0.4) is 0 Å². The average Bonchev–Trinajstić information content (AvgIpc) is 2.35. The Balaban J connectivity index is 2.94. The number of nitrogens with two attached hydrogens (primary N) is 1. The Morgan fingerprint density at radius 2 is 1.18 bits per heavy atom. The summed E-state index contributed by atoms with van der Waals surface area (Å²) in [6.45, 7) is 4.29. The first kappa shape index (κ1) is 16.9. The standard InChI is InChI=1S/C15H33NO/c1-3-4-5-6-7-8-9-10-11-12-13-14-15(2)16-17/h15H,3-14,16H2,1-2H3. The Morgan fingerprint density at radius 1 is 0.765 bits per heavy atom. The van der Waals surface area contributed by atoms with Crippen molar-refractivity contribution in [3.63, 3.8) is 0 Å². The third kappa shape index (κ3) is 13.9. The Bertz CT molecular complexity index is 139. The van der Waals surface area contributed by atoms with Crippen LogP contribution in [-0.4, -0.2) is 6.04 Å². The van der Waals surface area contributed by atoms with E-state index in [0.717, 1.165) is 11.9 Å². The summed E-state index contributed by atoms with van der Waals surface area (Å²) in [5.41, 5.74) is 1.08. The summed E-state index contributed by atoms with van der Waals surface area (Å²) in [7, 11) is 0. The molecule has 0 aliphatic carbocycles. The van der Waals surface area contributed by atoms with Crippen LogP contribution < -0.4 is 5.48 Å². The van der Waals surface area contributed by atoms with Crippen molar-refractivity contribution >= 4 is 0 Å². The molecule has 0 aliphatic rings. The first-order valence-electron chi connectivity index (χ1n) is 7.76. The van der Waals surface area contributed by atoms with Crippen LogP contribution in [0.1, 0.15) is 90.9 Å². The van der Waals surface area contributed by atoms with Crippen molar-refractivity contribution in [2.24, 2.45) is 0 Å². The highest BCUT2D eigenvalue weighted by Crippen LogP contribution is 2.11. The van der Waals surface area contributed by atoms with Gasteiger partial charge in [0.25, 0.3) is 0 Å². The molecule has 0 heterocycles. The van der Waals surface area contributed by atoms with Crippen LogP contribution in [0, 0.1) is 5.21 Å². The molecule has 2 heteroatoms. The van der Waals surface area contributed by atoms with Gasteiger partial charge < -0.3 is 10.7 Å². The van der Waals surface area contributed by atoms with Crippen molar-refractivity contribution in [1.82, 2.24) is 0 Å². The predicted octanol–water partition coefficient (Wildman–Crippen LogP) is 4.14. The molecule has 0 aromatic heterocycles. The van der Waals surface area contributed by atoms with Crippen molar-refractivity contribution in [3.8, 4) is 0 Å². The molecule has 0 amide bonds. The molecule has 104 valence electrons. The van der Waals surface area contributed by atoms with Crippen LogP contribution >= 0.6 is 0 Å². The molecule has 0 aromatic rings. The molecule has 0 spiro atoms. The SMILES string of the molecule is CCCCCCCCCCCCCC(C)[NH2+][O-]. The molecule has 1 atom stereocenters. The molecular formula is C15H33NO. The van der Waals surface area contributed by atoms with E-state index < -0.39 is 0 Å². The number of quaternary nitrogens is 1. The molecule has 2 nitrogen and oxygen atoms in total. The van der Waals surface area contributed by atoms with Crippen LogP contribution in [-0.2, 0) is 0 Å². The van der Waals surface area contributed by atoms with Crippen molar-refractivity contribution in [2.45, 2.75) is 96.9 Å². The minimum atomic E-state index is 0.272. The van der Waals surface area contributed by atoms with Gasteiger partial charge in [-0.05, 0) is 19.8 Å². The maximum Gasteiger partial charge on any atom is 0.0827 e. The van der Waals surface area contributed by atoms with Crippen molar-refractivity contribution in [3.05, 3.63) is 5.21 Å². The lowest BCUT2D eigenvalue weighted by Crippen LogP contribution is -2.83. The zero-order valence-electron chi connectivity index (χ0n) is 12.0. The number of rotatable bonds is 13. The number of unbranched alkanes of at least 4 members (excludes halogenated alkanes) is 10. The topological polar surface area (TPSA) is 39.7 Å². The first-order chi connectivity index (χ1) is 8.31. The molecule has 0 bridgehead atoms. The molecule has 2 N–H and O–H groups in total. The largest absolute Gasteiger partial charge is 0.636 e. The van der Waals surface area contributed by atoms with Crippen LogP contribution in [0.25, 0.3) is 0 Å². The first-order valence-corrected chi connectivity index (χ1v) is 7.76.